The highest BCUT2D eigenvalue weighted by Gasteiger charge is 2.36. The van der Waals surface area contributed by atoms with Crippen LogP contribution < -0.4 is 10.5 Å². The third kappa shape index (κ3) is 3.43. The highest BCUT2D eigenvalue weighted by Crippen LogP contribution is 2.34. The van der Waals surface area contributed by atoms with Crippen LogP contribution in [0.25, 0.3) is 21.6 Å². The van der Waals surface area contributed by atoms with Crippen LogP contribution in [-0.2, 0) is 4.74 Å². The molecule has 2 aromatic rings. The zero-order valence-electron chi connectivity index (χ0n) is 13.8. The number of unbranched alkanes of at least 4 members (excludes halogenated alkanes) is 1. The zero-order valence-corrected chi connectivity index (χ0v) is 13.8. The van der Waals surface area contributed by atoms with Gasteiger partial charge in [0.15, 0.2) is 11.2 Å². The van der Waals surface area contributed by atoms with Gasteiger partial charge in [-0.25, -0.2) is 4.98 Å². The summed E-state index contributed by atoms with van der Waals surface area (Å²) in [4.78, 5) is 15.5. The Balaban J connectivity index is 1.91. The molecule has 1 aliphatic heterocycles. The molecule has 3 rings (SSSR count). The molecule has 0 aliphatic carbocycles. The van der Waals surface area contributed by atoms with E-state index in [9.17, 15) is 5.11 Å². The number of nitrogen functional groups attached to an aromatic ring is 1. The Labute approximate surface area is 143 Å². The number of aromatic nitrogens is 4. The first-order valence-electron chi connectivity index (χ1n) is 8.11. The smallest absolute Gasteiger partial charge is 0.247 e. The van der Waals surface area contributed by atoms with Crippen molar-refractivity contribution in [3.8, 4) is 5.88 Å². The third-order valence-corrected chi connectivity index (χ3v) is 4.04. The van der Waals surface area contributed by atoms with Gasteiger partial charge in [-0.2, -0.15) is 9.97 Å². The van der Waals surface area contributed by atoms with E-state index in [2.05, 4.69) is 31.9 Å². The van der Waals surface area contributed by atoms with E-state index < -0.39 is 18.4 Å². The Morgan fingerprint density at radius 2 is 2.40 bits per heavy atom. The Hall–Kier alpha value is -2.62. The van der Waals surface area contributed by atoms with E-state index in [1.807, 2.05) is 0 Å². The minimum atomic E-state index is -0.571. The number of aliphatic hydroxyl groups is 1. The lowest BCUT2D eigenvalue weighted by Gasteiger charge is -2.14. The quantitative estimate of drug-likeness (QED) is 0.332. The maximum atomic E-state index is 9.40. The van der Waals surface area contributed by atoms with Crippen LogP contribution in [0, 0.1) is 0 Å². The van der Waals surface area contributed by atoms with Crippen molar-refractivity contribution in [2.45, 2.75) is 44.6 Å². The summed E-state index contributed by atoms with van der Waals surface area (Å²) in [6.45, 7) is 2.34. The van der Waals surface area contributed by atoms with Gasteiger partial charge >= 0.3 is 0 Å². The van der Waals surface area contributed by atoms with Crippen LogP contribution in [0.15, 0.2) is 11.4 Å². The van der Waals surface area contributed by atoms with Crippen LogP contribution in [0.5, 0.6) is 5.88 Å². The van der Waals surface area contributed by atoms with E-state index in [0.717, 1.165) is 12.8 Å². The summed E-state index contributed by atoms with van der Waals surface area (Å²) < 4.78 is 13.1. The van der Waals surface area contributed by atoms with Gasteiger partial charge in [0.05, 0.1) is 31.7 Å². The van der Waals surface area contributed by atoms with Crippen LogP contribution in [0.2, 0.25) is 0 Å². The number of nitrogens with zero attached hydrogens (tertiary/aromatic N) is 7. The summed E-state index contributed by atoms with van der Waals surface area (Å²) in [6.07, 6.45) is 2.80. The number of hydrogen-bond acceptors (Lipinski definition) is 8. The van der Waals surface area contributed by atoms with Crippen molar-refractivity contribution in [1.29, 1.82) is 0 Å². The molecule has 3 heterocycles. The van der Waals surface area contributed by atoms with Gasteiger partial charge in [0.2, 0.25) is 11.8 Å². The van der Waals surface area contributed by atoms with E-state index in [0.29, 0.717) is 30.1 Å². The minimum Gasteiger partial charge on any atom is -0.476 e. The second-order valence-electron chi connectivity index (χ2n) is 5.73. The van der Waals surface area contributed by atoms with Gasteiger partial charge < -0.3 is 20.3 Å². The van der Waals surface area contributed by atoms with Crippen molar-refractivity contribution in [3.63, 3.8) is 0 Å². The summed E-state index contributed by atoms with van der Waals surface area (Å²) >= 11 is 0. The number of ether oxygens (including phenoxy) is 2. The van der Waals surface area contributed by atoms with Crippen molar-refractivity contribution in [2.24, 2.45) is 5.11 Å². The van der Waals surface area contributed by atoms with Gasteiger partial charge in [0, 0.05) is 11.3 Å². The number of rotatable bonds is 7. The van der Waals surface area contributed by atoms with Crippen LogP contribution in [0.3, 0.4) is 0 Å². The van der Waals surface area contributed by atoms with Crippen LogP contribution in [0.1, 0.15) is 32.4 Å². The molecule has 3 N–H and O–H groups in total. The monoisotopic (exact) mass is 348 g/mol. The molecule has 134 valence electrons. The van der Waals surface area contributed by atoms with Crippen molar-refractivity contribution in [2.75, 3.05) is 18.9 Å². The SMILES string of the molecule is CCCCOc1nc(N)nc2c1ncn2[C@H]1C[C@H](N=[N+]=[N-])[C@@H](CO)O1. The van der Waals surface area contributed by atoms with Crippen molar-refractivity contribution in [3.05, 3.63) is 16.8 Å². The summed E-state index contributed by atoms with van der Waals surface area (Å²) in [7, 11) is 0. The lowest BCUT2D eigenvalue weighted by Crippen LogP contribution is -2.22. The van der Waals surface area contributed by atoms with Crippen LogP contribution in [-0.4, -0.2) is 50.0 Å². The predicted octanol–water partition coefficient (Wildman–Crippen LogP) is 1.55. The second kappa shape index (κ2) is 7.51. The molecular formula is C14H20N8O3. The molecule has 25 heavy (non-hydrogen) atoms. The molecule has 1 fully saturated rings. The summed E-state index contributed by atoms with van der Waals surface area (Å²) in [5.41, 5.74) is 15.4. The van der Waals surface area contributed by atoms with E-state index in [-0.39, 0.29) is 12.6 Å². The normalized spacial score (nSPS) is 22.9. The third-order valence-electron chi connectivity index (χ3n) is 4.04. The van der Waals surface area contributed by atoms with E-state index >= 15 is 0 Å². The topological polar surface area (TPSA) is 157 Å². The Kier molecular flexibility index (Phi) is 5.17. The Morgan fingerprint density at radius 3 is 3.12 bits per heavy atom. The highest BCUT2D eigenvalue weighted by atomic mass is 16.5. The molecule has 2 aromatic heterocycles. The van der Waals surface area contributed by atoms with Crippen LogP contribution in [0.4, 0.5) is 5.95 Å². The van der Waals surface area contributed by atoms with E-state index in [1.165, 1.54) is 0 Å². The van der Waals surface area contributed by atoms with Crippen LogP contribution >= 0.6 is 0 Å². The largest absolute Gasteiger partial charge is 0.476 e. The molecule has 1 saturated heterocycles. The number of imidazole rings is 1. The number of anilines is 1. The predicted molar refractivity (Wildman–Crippen MR) is 88.7 cm³/mol. The Bertz CT molecular complexity index is 788. The molecule has 0 unspecified atom stereocenters. The van der Waals surface area contributed by atoms with Gasteiger partial charge in [0.1, 0.15) is 6.23 Å². The lowest BCUT2D eigenvalue weighted by molar-refractivity contribution is -0.0232. The van der Waals surface area contributed by atoms with E-state index in [1.54, 1.807) is 10.9 Å². The van der Waals surface area contributed by atoms with Crippen molar-refractivity contribution in [1.82, 2.24) is 19.5 Å². The fraction of sp³-hybridized carbons (Fsp3) is 0.643. The molecule has 0 amide bonds. The van der Waals surface area contributed by atoms with Gasteiger partial charge in [0.25, 0.3) is 0 Å². The molecule has 0 bridgehead atoms. The first kappa shape index (κ1) is 17.2. The average molecular weight is 348 g/mol. The molecule has 0 saturated carbocycles. The number of fused-ring (bicyclic) bond motifs is 1. The van der Waals surface area contributed by atoms with Gasteiger partial charge in [-0.05, 0) is 12.0 Å². The van der Waals surface area contributed by atoms with Crippen molar-refractivity contribution >= 4 is 17.1 Å². The van der Waals surface area contributed by atoms with Gasteiger partial charge in [-0.3, -0.25) is 4.57 Å². The fourth-order valence-electron chi connectivity index (χ4n) is 2.77. The standard InChI is InChI=1S/C14H20N8O3/c1-2-3-4-24-13-11-12(18-14(15)19-13)22(7-17-11)10-5-8(20-21-16)9(6-23)25-10/h7-10,23H,2-6H2,1H3,(H2,15,18,19)/t8-,9+,10+/m0/s1. The summed E-state index contributed by atoms with van der Waals surface area (Å²) in [5, 5.41) is 13.1. The molecule has 11 heteroatoms. The first-order valence-corrected chi connectivity index (χ1v) is 8.11. The molecule has 1 aliphatic rings. The Morgan fingerprint density at radius 1 is 1.56 bits per heavy atom. The average Bonchev–Trinajstić information content (AvgIpc) is 3.19. The molecule has 0 spiro atoms. The van der Waals surface area contributed by atoms with E-state index in [4.69, 9.17) is 20.7 Å². The van der Waals surface area contributed by atoms with Gasteiger partial charge in [-0.1, -0.05) is 18.5 Å². The molecular weight excluding hydrogens is 328 g/mol. The fourth-order valence-corrected chi connectivity index (χ4v) is 2.77. The minimum absolute atomic E-state index is 0.0732. The number of aliphatic hydroxyl groups excluding tert-OH is 1. The maximum absolute atomic E-state index is 9.40. The molecule has 11 nitrogen and oxygen atoms in total. The summed E-state index contributed by atoms with van der Waals surface area (Å²) in [6, 6.07) is -0.461. The number of azide groups is 1. The van der Waals surface area contributed by atoms with Gasteiger partial charge in [-0.15, -0.1) is 0 Å². The number of hydrogen-bond donors (Lipinski definition) is 2. The molecule has 3 atom stereocenters. The second-order valence-corrected chi connectivity index (χ2v) is 5.73. The lowest BCUT2D eigenvalue weighted by atomic mass is 10.1. The maximum Gasteiger partial charge on any atom is 0.247 e. The zero-order chi connectivity index (χ0) is 17.8. The molecule has 0 radical (unpaired) electrons. The first-order chi connectivity index (χ1) is 12.2. The summed E-state index contributed by atoms with van der Waals surface area (Å²) in [5.74, 6) is 0.405. The van der Waals surface area contributed by atoms with Crippen molar-refractivity contribution < 1.29 is 14.6 Å². The highest BCUT2D eigenvalue weighted by molar-refractivity contribution is 5.77. The number of nitrogens with two attached hydrogens (primary N) is 1. The molecule has 0 aromatic carbocycles.